The molecule has 0 radical (unpaired) electrons. The molecule has 0 atom stereocenters. The van der Waals surface area contributed by atoms with Gasteiger partial charge in [0, 0.05) is 38.0 Å². The zero-order valence-electron chi connectivity index (χ0n) is 16.1. The molecule has 3 rings (SSSR count). The molecule has 0 unspecified atom stereocenters. The van der Waals surface area contributed by atoms with Crippen LogP contribution >= 0.6 is 0 Å². The number of hydrogen-bond donors (Lipinski definition) is 2. The fourth-order valence-corrected chi connectivity index (χ4v) is 3.20. The number of nitrogens with zero attached hydrogens (tertiary/aromatic N) is 2. The minimum Gasteiger partial charge on any atom is -0.496 e. The van der Waals surface area contributed by atoms with E-state index in [4.69, 9.17) is 9.47 Å². The minimum absolute atomic E-state index is 0.333. The predicted molar refractivity (Wildman–Crippen MR) is 107 cm³/mol. The lowest BCUT2D eigenvalue weighted by Gasteiger charge is -2.14. The first-order valence-corrected chi connectivity index (χ1v) is 9.46. The molecule has 1 saturated carbocycles. The average molecular weight is 368 g/mol. The first-order valence-electron chi connectivity index (χ1n) is 9.46. The monoisotopic (exact) mass is 368 g/mol. The lowest BCUT2D eigenvalue weighted by Crippen LogP contribution is -2.36. The Kier molecular flexibility index (Phi) is 6.90. The summed E-state index contributed by atoms with van der Waals surface area (Å²) in [6, 6.07) is 11.9. The molecule has 1 heterocycles. The average Bonchev–Trinajstić information content (AvgIpc) is 3.22. The van der Waals surface area contributed by atoms with E-state index in [0.717, 1.165) is 35.7 Å². The number of guanidine groups is 1. The number of aromatic nitrogens is 1. The highest BCUT2D eigenvalue weighted by molar-refractivity contribution is 5.79. The zero-order chi connectivity index (χ0) is 18.9. The summed E-state index contributed by atoms with van der Waals surface area (Å²) < 4.78 is 11.3. The Labute approximate surface area is 161 Å². The van der Waals surface area contributed by atoms with E-state index in [9.17, 15) is 0 Å². The fourth-order valence-electron chi connectivity index (χ4n) is 3.20. The van der Waals surface area contributed by atoms with Gasteiger partial charge in [0.25, 0.3) is 0 Å². The van der Waals surface area contributed by atoms with Gasteiger partial charge in [-0.1, -0.05) is 24.3 Å². The van der Waals surface area contributed by atoms with Crippen molar-refractivity contribution in [3.05, 3.63) is 53.7 Å². The van der Waals surface area contributed by atoms with Crippen molar-refractivity contribution in [3.8, 4) is 11.6 Å². The van der Waals surface area contributed by atoms with E-state index >= 15 is 0 Å². The molecule has 6 heteroatoms. The molecule has 27 heavy (non-hydrogen) atoms. The van der Waals surface area contributed by atoms with E-state index in [1.54, 1.807) is 14.2 Å². The lowest BCUT2D eigenvalue weighted by atomic mass is 10.2. The quantitative estimate of drug-likeness (QED) is 0.580. The van der Waals surface area contributed by atoms with E-state index in [2.05, 4.69) is 20.6 Å². The summed E-state index contributed by atoms with van der Waals surface area (Å²) in [5.41, 5.74) is 2.16. The van der Waals surface area contributed by atoms with Crippen LogP contribution in [0.1, 0.15) is 36.8 Å². The number of para-hydroxylation sites is 1. The van der Waals surface area contributed by atoms with Crippen molar-refractivity contribution in [1.82, 2.24) is 15.6 Å². The molecule has 0 amide bonds. The number of rotatable bonds is 7. The van der Waals surface area contributed by atoms with Gasteiger partial charge in [-0.05, 0) is 37.3 Å². The molecular weight excluding hydrogens is 340 g/mol. The number of aliphatic imine (C=N–C) groups is 1. The van der Waals surface area contributed by atoms with Crippen molar-refractivity contribution in [2.24, 2.45) is 4.99 Å². The summed E-state index contributed by atoms with van der Waals surface area (Å²) >= 11 is 0. The van der Waals surface area contributed by atoms with Gasteiger partial charge in [-0.25, -0.2) is 4.98 Å². The van der Waals surface area contributed by atoms with Gasteiger partial charge in [-0.3, -0.25) is 4.99 Å². The first kappa shape index (κ1) is 19.0. The summed E-state index contributed by atoms with van der Waals surface area (Å²) in [4.78, 5) is 8.69. The zero-order valence-corrected chi connectivity index (χ0v) is 16.1. The Bertz CT molecular complexity index is 740. The van der Waals surface area contributed by atoms with Gasteiger partial charge in [0.05, 0.1) is 7.11 Å². The van der Waals surface area contributed by atoms with Gasteiger partial charge in [0.15, 0.2) is 5.96 Å². The van der Waals surface area contributed by atoms with Crippen LogP contribution in [-0.2, 0) is 13.1 Å². The van der Waals surface area contributed by atoms with Crippen molar-refractivity contribution in [2.75, 3.05) is 14.2 Å². The highest BCUT2D eigenvalue weighted by Gasteiger charge is 2.16. The Balaban J connectivity index is 1.47. The van der Waals surface area contributed by atoms with Crippen LogP contribution in [0.5, 0.6) is 11.6 Å². The molecule has 0 bridgehead atoms. The lowest BCUT2D eigenvalue weighted by molar-refractivity contribution is 0.201. The van der Waals surface area contributed by atoms with Crippen molar-refractivity contribution in [2.45, 2.75) is 44.9 Å². The molecule has 0 saturated heterocycles. The number of ether oxygens (including phenoxy) is 2. The highest BCUT2D eigenvalue weighted by Crippen LogP contribution is 2.22. The number of nitrogens with one attached hydrogen (secondary N) is 2. The van der Waals surface area contributed by atoms with Crippen LogP contribution in [0.15, 0.2) is 47.6 Å². The van der Waals surface area contributed by atoms with Crippen LogP contribution in [0.25, 0.3) is 0 Å². The van der Waals surface area contributed by atoms with Crippen molar-refractivity contribution in [3.63, 3.8) is 0 Å². The molecule has 0 spiro atoms. The molecule has 6 nitrogen and oxygen atoms in total. The molecule has 1 aromatic carbocycles. The van der Waals surface area contributed by atoms with Crippen LogP contribution in [0.2, 0.25) is 0 Å². The molecule has 1 aliphatic rings. The Morgan fingerprint density at radius 2 is 1.89 bits per heavy atom. The second-order valence-electron chi connectivity index (χ2n) is 6.62. The maximum absolute atomic E-state index is 5.91. The third kappa shape index (κ3) is 5.61. The van der Waals surface area contributed by atoms with Crippen molar-refractivity contribution in [1.29, 1.82) is 0 Å². The van der Waals surface area contributed by atoms with Crippen LogP contribution in [0, 0.1) is 0 Å². The van der Waals surface area contributed by atoms with Crippen LogP contribution in [0.4, 0.5) is 0 Å². The van der Waals surface area contributed by atoms with Crippen LogP contribution < -0.4 is 20.1 Å². The molecular formula is C21H28N4O2. The second kappa shape index (κ2) is 9.80. The normalized spacial score (nSPS) is 14.8. The van der Waals surface area contributed by atoms with Crippen molar-refractivity contribution < 1.29 is 9.47 Å². The third-order valence-corrected chi connectivity index (χ3v) is 4.71. The van der Waals surface area contributed by atoms with E-state index in [0.29, 0.717) is 25.1 Å². The standard InChI is InChI=1S/C21H28N4O2/c1-22-21(25-15-17-7-3-6-10-19(17)26-2)24-14-16-11-12-20(23-13-16)27-18-8-4-5-9-18/h3,6-7,10-13,18H,4-5,8-9,14-15H2,1-2H3,(H2,22,24,25). The maximum Gasteiger partial charge on any atom is 0.213 e. The highest BCUT2D eigenvalue weighted by atomic mass is 16.5. The predicted octanol–water partition coefficient (Wildman–Crippen LogP) is 3.28. The smallest absolute Gasteiger partial charge is 0.213 e. The number of pyridine rings is 1. The van der Waals surface area contributed by atoms with E-state index in [1.165, 1.54) is 12.8 Å². The Hall–Kier alpha value is -2.76. The Morgan fingerprint density at radius 3 is 2.59 bits per heavy atom. The molecule has 1 aliphatic carbocycles. The van der Waals surface area contributed by atoms with Gasteiger partial charge >= 0.3 is 0 Å². The van der Waals surface area contributed by atoms with Crippen molar-refractivity contribution >= 4 is 5.96 Å². The number of methoxy groups -OCH3 is 1. The molecule has 1 fully saturated rings. The molecule has 1 aromatic heterocycles. The summed E-state index contributed by atoms with van der Waals surface area (Å²) in [7, 11) is 3.44. The third-order valence-electron chi connectivity index (χ3n) is 4.71. The van der Waals surface area contributed by atoms with E-state index < -0.39 is 0 Å². The van der Waals surface area contributed by atoms with Crippen LogP contribution in [-0.4, -0.2) is 31.2 Å². The molecule has 0 aliphatic heterocycles. The van der Waals surface area contributed by atoms with Gasteiger partial charge in [-0.2, -0.15) is 0 Å². The maximum atomic E-state index is 5.91. The van der Waals surface area contributed by atoms with Gasteiger partial charge in [-0.15, -0.1) is 0 Å². The summed E-state index contributed by atoms with van der Waals surface area (Å²) in [5.74, 6) is 2.30. The first-order chi connectivity index (χ1) is 13.3. The summed E-state index contributed by atoms with van der Waals surface area (Å²) in [6.45, 7) is 1.28. The van der Waals surface area contributed by atoms with E-state index in [1.807, 2.05) is 42.6 Å². The van der Waals surface area contributed by atoms with Crippen LogP contribution in [0.3, 0.4) is 0 Å². The SMILES string of the molecule is CN=C(NCc1ccc(OC2CCCC2)nc1)NCc1ccccc1OC. The minimum atomic E-state index is 0.333. The topological polar surface area (TPSA) is 67.8 Å². The van der Waals surface area contributed by atoms with E-state index in [-0.39, 0.29) is 0 Å². The fraction of sp³-hybridized carbons (Fsp3) is 0.429. The van der Waals surface area contributed by atoms with Gasteiger partial charge in [0.1, 0.15) is 11.9 Å². The second-order valence-corrected chi connectivity index (χ2v) is 6.62. The largest absolute Gasteiger partial charge is 0.496 e. The number of benzene rings is 1. The molecule has 2 N–H and O–H groups in total. The van der Waals surface area contributed by atoms with Gasteiger partial charge < -0.3 is 20.1 Å². The molecule has 2 aromatic rings. The summed E-state index contributed by atoms with van der Waals surface area (Å²) in [5, 5.41) is 6.61. The molecule has 144 valence electrons. The summed E-state index contributed by atoms with van der Waals surface area (Å²) in [6.07, 6.45) is 6.98. The Morgan fingerprint density at radius 1 is 1.11 bits per heavy atom. The number of hydrogen-bond acceptors (Lipinski definition) is 4. The van der Waals surface area contributed by atoms with Gasteiger partial charge in [0.2, 0.25) is 5.88 Å².